The number of carbonyl (C=O) groups excluding carboxylic acids is 1. The molecule has 1 aromatic rings. The van der Waals surface area contributed by atoms with Gasteiger partial charge in [0.05, 0.1) is 11.5 Å². The lowest BCUT2D eigenvalue weighted by Gasteiger charge is -2.16. The van der Waals surface area contributed by atoms with Gasteiger partial charge < -0.3 is 4.74 Å². The summed E-state index contributed by atoms with van der Waals surface area (Å²) < 4.78 is 31.4. The minimum atomic E-state index is -4.27. The van der Waals surface area contributed by atoms with E-state index in [0.29, 0.717) is 0 Å². The van der Waals surface area contributed by atoms with Crippen molar-refractivity contribution in [3.05, 3.63) is 34.4 Å². The molecule has 1 N–H and O–H groups in total. The van der Waals surface area contributed by atoms with Gasteiger partial charge >= 0.3 is 5.97 Å². The molecule has 8 nitrogen and oxygen atoms in total. The highest BCUT2D eigenvalue weighted by Crippen LogP contribution is 2.23. The van der Waals surface area contributed by atoms with Crippen molar-refractivity contribution in [2.75, 3.05) is 12.5 Å². The number of benzene rings is 1. The van der Waals surface area contributed by atoms with Crippen LogP contribution < -0.4 is 4.72 Å². The Morgan fingerprint density at radius 2 is 2.09 bits per heavy atom. The molecule has 1 rings (SSSR count). The van der Waals surface area contributed by atoms with Crippen molar-refractivity contribution in [3.8, 4) is 0 Å². The molecule has 0 aromatic heterocycles. The summed E-state index contributed by atoms with van der Waals surface area (Å²) in [5.74, 6) is -0.770. The molecule has 0 heterocycles. The third kappa shape index (κ3) is 4.65. The van der Waals surface area contributed by atoms with E-state index in [-0.39, 0.29) is 18.9 Å². The number of esters is 1. The zero-order chi connectivity index (χ0) is 16.8. The number of nitrogens with zero attached hydrogens (tertiary/aromatic N) is 1. The molecule has 0 fully saturated rings. The predicted molar refractivity (Wildman–Crippen MR) is 79.2 cm³/mol. The molecule has 1 atom stereocenters. The van der Waals surface area contributed by atoms with Crippen molar-refractivity contribution in [3.63, 3.8) is 0 Å². The van der Waals surface area contributed by atoms with Crippen molar-refractivity contribution in [1.29, 1.82) is 0 Å². The van der Waals surface area contributed by atoms with Crippen molar-refractivity contribution < 1.29 is 22.9 Å². The van der Waals surface area contributed by atoms with Gasteiger partial charge in [0.2, 0.25) is 10.0 Å². The van der Waals surface area contributed by atoms with Gasteiger partial charge in [-0.15, -0.1) is 11.6 Å². The fourth-order valence-corrected chi connectivity index (χ4v) is 3.27. The second kappa shape index (κ2) is 8.06. The number of alkyl halides is 1. The van der Waals surface area contributed by atoms with Crippen molar-refractivity contribution in [1.82, 2.24) is 4.72 Å². The maximum Gasteiger partial charge on any atom is 0.324 e. The molecule has 0 amide bonds. The highest BCUT2D eigenvalue weighted by Gasteiger charge is 2.30. The molecule has 22 heavy (non-hydrogen) atoms. The van der Waals surface area contributed by atoms with Crippen LogP contribution in [0.4, 0.5) is 5.69 Å². The van der Waals surface area contributed by atoms with Crippen molar-refractivity contribution in [2.24, 2.45) is 0 Å². The van der Waals surface area contributed by atoms with Gasteiger partial charge in [0, 0.05) is 11.9 Å². The van der Waals surface area contributed by atoms with E-state index < -0.39 is 37.5 Å². The molecule has 0 aliphatic rings. The Morgan fingerprint density at radius 3 is 2.64 bits per heavy atom. The average Bonchev–Trinajstić information content (AvgIpc) is 2.47. The number of ether oxygens (including phenoxy) is 1. The zero-order valence-corrected chi connectivity index (χ0v) is 13.3. The molecule has 1 aromatic carbocycles. The lowest BCUT2D eigenvalue weighted by atomic mass is 10.2. The van der Waals surface area contributed by atoms with Crippen LogP contribution in [0.3, 0.4) is 0 Å². The molecule has 0 unspecified atom stereocenters. The lowest BCUT2D eigenvalue weighted by Crippen LogP contribution is -2.42. The van der Waals surface area contributed by atoms with Crippen LogP contribution in [0, 0.1) is 10.1 Å². The summed E-state index contributed by atoms with van der Waals surface area (Å²) in [6.07, 6.45) is 0.000248. The Labute approximate surface area is 132 Å². The number of para-hydroxylation sites is 1. The maximum atomic E-state index is 12.3. The third-order valence-electron chi connectivity index (χ3n) is 2.62. The maximum absolute atomic E-state index is 12.3. The third-order valence-corrected chi connectivity index (χ3v) is 4.36. The van der Waals surface area contributed by atoms with E-state index >= 15 is 0 Å². The van der Waals surface area contributed by atoms with Gasteiger partial charge in [0.15, 0.2) is 4.90 Å². The first-order valence-corrected chi connectivity index (χ1v) is 8.33. The number of nitro groups is 1. The molecule has 0 bridgehead atoms. The largest absolute Gasteiger partial charge is 0.465 e. The van der Waals surface area contributed by atoms with Gasteiger partial charge in [-0.05, 0) is 19.4 Å². The summed E-state index contributed by atoms with van der Waals surface area (Å²) in [6, 6.07) is 3.64. The summed E-state index contributed by atoms with van der Waals surface area (Å²) in [4.78, 5) is 21.3. The van der Waals surface area contributed by atoms with E-state index in [2.05, 4.69) is 4.72 Å². The Balaban J connectivity index is 3.13. The first-order valence-electron chi connectivity index (χ1n) is 6.31. The fourth-order valence-electron chi connectivity index (χ4n) is 1.66. The van der Waals surface area contributed by atoms with Crippen LogP contribution in [0.2, 0.25) is 0 Å². The van der Waals surface area contributed by atoms with Gasteiger partial charge in [-0.25, -0.2) is 8.42 Å². The van der Waals surface area contributed by atoms with E-state index in [1.807, 2.05) is 0 Å². The summed E-state index contributed by atoms with van der Waals surface area (Å²) in [6.45, 7) is 1.65. The van der Waals surface area contributed by atoms with Crippen molar-refractivity contribution in [2.45, 2.75) is 24.3 Å². The molecule has 122 valence electrons. The molecular formula is C12H15ClN2O6S. The summed E-state index contributed by atoms with van der Waals surface area (Å²) >= 11 is 5.55. The van der Waals surface area contributed by atoms with Crippen molar-refractivity contribution >= 4 is 33.3 Å². The van der Waals surface area contributed by atoms with Gasteiger partial charge in [-0.3, -0.25) is 14.9 Å². The minimum Gasteiger partial charge on any atom is -0.465 e. The van der Waals surface area contributed by atoms with Gasteiger partial charge in [0.25, 0.3) is 5.69 Å². The molecule has 0 saturated heterocycles. The van der Waals surface area contributed by atoms with Crippen LogP contribution in [-0.4, -0.2) is 37.8 Å². The van der Waals surface area contributed by atoms with E-state index in [4.69, 9.17) is 16.3 Å². The van der Waals surface area contributed by atoms with E-state index in [9.17, 15) is 23.3 Å². The van der Waals surface area contributed by atoms with Gasteiger partial charge in [-0.1, -0.05) is 12.1 Å². The Morgan fingerprint density at radius 1 is 1.45 bits per heavy atom. The van der Waals surface area contributed by atoms with Crippen LogP contribution in [-0.2, 0) is 19.6 Å². The average molecular weight is 351 g/mol. The number of nitro benzene ring substituents is 1. The van der Waals surface area contributed by atoms with Gasteiger partial charge in [-0.2, -0.15) is 4.72 Å². The van der Waals surface area contributed by atoms with Crippen LogP contribution >= 0.6 is 11.6 Å². The minimum absolute atomic E-state index is 0.000248. The standard InChI is InChI=1S/C12H15ClN2O6S/c1-2-21-12(16)9(7-8-13)14-22(19,20)11-6-4-3-5-10(11)15(17)18/h3-6,9,14H,2,7-8H2,1H3/t9-/m1/s1. The summed E-state index contributed by atoms with van der Waals surface area (Å²) in [7, 11) is -4.27. The number of carbonyl (C=O) groups is 1. The van der Waals surface area contributed by atoms with Crippen LogP contribution in [0.25, 0.3) is 0 Å². The molecule has 0 saturated carbocycles. The second-order valence-electron chi connectivity index (χ2n) is 4.13. The predicted octanol–water partition coefficient (Wildman–Crippen LogP) is 1.43. The normalized spacial score (nSPS) is 12.6. The number of halogens is 1. The monoisotopic (exact) mass is 350 g/mol. The smallest absolute Gasteiger partial charge is 0.324 e. The molecule has 0 spiro atoms. The first kappa shape index (κ1) is 18.3. The molecule has 0 aliphatic heterocycles. The first-order chi connectivity index (χ1) is 10.3. The van der Waals surface area contributed by atoms with E-state index in [1.165, 1.54) is 12.1 Å². The highest BCUT2D eigenvalue weighted by atomic mass is 35.5. The molecule has 0 radical (unpaired) electrons. The number of rotatable bonds is 8. The van der Waals surface area contributed by atoms with Crippen LogP contribution in [0.15, 0.2) is 29.2 Å². The summed E-state index contributed by atoms with van der Waals surface area (Å²) in [5.41, 5.74) is -0.580. The van der Waals surface area contributed by atoms with Crippen LogP contribution in [0.1, 0.15) is 13.3 Å². The van der Waals surface area contributed by atoms with E-state index in [0.717, 1.165) is 12.1 Å². The Kier molecular flexibility index (Phi) is 6.72. The highest BCUT2D eigenvalue weighted by molar-refractivity contribution is 7.89. The Bertz CT molecular complexity index is 649. The number of hydrogen-bond donors (Lipinski definition) is 1. The zero-order valence-electron chi connectivity index (χ0n) is 11.7. The lowest BCUT2D eigenvalue weighted by molar-refractivity contribution is -0.387. The number of sulfonamides is 1. The number of hydrogen-bond acceptors (Lipinski definition) is 6. The fraction of sp³-hybridized carbons (Fsp3) is 0.417. The number of nitrogens with one attached hydrogen (secondary N) is 1. The SMILES string of the molecule is CCOC(=O)[C@@H](CCCl)NS(=O)(=O)c1ccccc1[N+](=O)[O-]. The van der Waals surface area contributed by atoms with E-state index in [1.54, 1.807) is 6.92 Å². The molecule has 0 aliphatic carbocycles. The second-order valence-corrected chi connectivity index (χ2v) is 6.19. The molecule has 10 heteroatoms. The Hall–Kier alpha value is -1.71. The topological polar surface area (TPSA) is 116 Å². The molecular weight excluding hydrogens is 336 g/mol. The van der Waals surface area contributed by atoms with Crippen LogP contribution in [0.5, 0.6) is 0 Å². The quantitative estimate of drug-likeness (QED) is 0.328. The summed E-state index contributed by atoms with van der Waals surface area (Å²) in [5, 5.41) is 10.9. The van der Waals surface area contributed by atoms with Gasteiger partial charge in [0.1, 0.15) is 6.04 Å².